The second-order valence-electron chi connectivity index (χ2n) is 5.58. The molecule has 0 aliphatic carbocycles. The van der Waals surface area contributed by atoms with Gasteiger partial charge in [0, 0.05) is 25.7 Å². The standard InChI is InChI=1S/C15H19FN2O2/c1-10-8-11(16)4-5-12(10)13(19)18-7-6-15(2,9-18)14(20)17-3/h4-5,8H,6-7,9H2,1-3H3,(H,17,20). The Hall–Kier alpha value is -1.91. The molecule has 1 fully saturated rings. The van der Waals surface area contributed by atoms with E-state index in [4.69, 9.17) is 0 Å². The van der Waals surface area contributed by atoms with Gasteiger partial charge in [-0.15, -0.1) is 0 Å². The Morgan fingerprint density at radius 2 is 2.10 bits per heavy atom. The minimum Gasteiger partial charge on any atom is -0.359 e. The highest BCUT2D eigenvalue weighted by atomic mass is 19.1. The lowest BCUT2D eigenvalue weighted by atomic mass is 9.89. The van der Waals surface area contributed by atoms with Crippen molar-refractivity contribution < 1.29 is 14.0 Å². The number of nitrogens with one attached hydrogen (secondary N) is 1. The van der Waals surface area contributed by atoms with Crippen LogP contribution in [-0.4, -0.2) is 36.9 Å². The van der Waals surface area contributed by atoms with Gasteiger partial charge < -0.3 is 10.2 Å². The Balaban J connectivity index is 2.18. The molecule has 0 spiro atoms. The number of benzene rings is 1. The molecule has 0 bridgehead atoms. The van der Waals surface area contributed by atoms with E-state index in [-0.39, 0.29) is 17.6 Å². The first-order valence-corrected chi connectivity index (χ1v) is 6.65. The third-order valence-electron chi connectivity index (χ3n) is 3.95. The van der Waals surface area contributed by atoms with Gasteiger partial charge in [-0.2, -0.15) is 0 Å². The van der Waals surface area contributed by atoms with Crippen LogP contribution in [0.25, 0.3) is 0 Å². The van der Waals surface area contributed by atoms with Crippen molar-refractivity contribution in [1.29, 1.82) is 0 Å². The van der Waals surface area contributed by atoms with Gasteiger partial charge in [0.25, 0.3) is 5.91 Å². The van der Waals surface area contributed by atoms with E-state index < -0.39 is 5.41 Å². The van der Waals surface area contributed by atoms with E-state index in [2.05, 4.69) is 5.32 Å². The minimum absolute atomic E-state index is 0.0522. The summed E-state index contributed by atoms with van der Waals surface area (Å²) in [5.74, 6) is -0.547. The average Bonchev–Trinajstić information content (AvgIpc) is 2.81. The second-order valence-corrected chi connectivity index (χ2v) is 5.58. The molecule has 5 heteroatoms. The van der Waals surface area contributed by atoms with Gasteiger partial charge in [-0.25, -0.2) is 4.39 Å². The second kappa shape index (κ2) is 5.23. The first-order valence-electron chi connectivity index (χ1n) is 6.65. The van der Waals surface area contributed by atoms with Gasteiger partial charge in [-0.1, -0.05) is 0 Å². The van der Waals surface area contributed by atoms with Crippen molar-refractivity contribution in [2.24, 2.45) is 5.41 Å². The molecule has 20 heavy (non-hydrogen) atoms. The molecule has 1 unspecified atom stereocenters. The summed E-state index contributed by atoms with van der Waals surface area (Å²) in [5, 5.41) is 2.64. The van der Waals surface area contributed by atoms with E-state index in [1.54, 1.807) is 18.9 Å². The maximum Gasteiger partial charge on any atom is 0.254 e. The van der Waals surface area contributed by atoms with Crippen molar-refractivity contribution in [2.45, 2.75) is 20.3 Å². The van der Waals surface area contributed by atoms with Crippen LogP contribution in [0.5, 0.6) is 0 Å². The zero-order valence-corrected chi connectivity index (χ0v) is 12.0. The predicted octanol–water partition coefficient (Wildman–Crippen LogP) is 1.73. The van der Waals surface area contributed by atoms with Crippen LogP contribution in [0.2, 0.25) is 0 Å². The Bertz CT molecular complexity index is 559. The van der Waals surface area contributed by atoms with Gasteiger partial charge >= 0.3 is 0 Å². The molecule has 108 valence electrons. The number of halogens is 1. The normalized spacial score (nSPS) is 21.9. The first kappa shape index (κ1) is 14.5. The van der Waals surface area contributed by atoms with Crippen molar-refractivity contribution >= 4 is 11.8 Å². The van der Waals surface area contributed by atoms with E-state index in [1.165, 1.54) is 18.2 Å². The van der Waals surface area contributed by atoms with Gasteiger partial charge in [0.05, 0.1) is 5.41 Å². The molecule has 1 atom stereocenters. The fourth-order valence-electron chi connectivity index (χ4n) is 2.66. The molecule has 1 saturated heterocycles. The molecule has 4 nitrogen and oxygen atoms in total. The molecule has 1 aliphatic heterocycles. The number of amides is 2. The van der Waals surface area contributed by atoms with Gasteiger partial charge in [0.1, 0.15) is 5.82 Å². The summed E-state index contributed by atoms with van der Waals surface area (Å²) in [5.41, 5.74) is 0.564. The number of carbonyl (C=O) groups is 2. The van der Waals surface area contributed by atoms with Gasteiger partial charge in [0.2, 0.25) is 5.91 Å². The summed E-state index contributed by atoms with van der Waals surface area (Å²) in [6.45, 7) is 4.50. The molecule has 0 radical (unpaired) electrons. The summed E-state index contributed by atoms with van der Waals surface area (Å²) < 4.78 is 13.1. The summed E-state index contributed by atoms with van der Waals surface area (Å²) in [6.07, 6.45) is 0.638. The molecule has 1 N–H and O–H groups in total. The van der Waals surface area contributed by atoms with Crippen LogP contribution in [0.1, 0.15) is 29.3 Å². The number of nitrogens with zero attached hydrogens (tertiary/aromatic N) is 1. The highest BCUT2D eigenvalue weighted by Crippen LogP contribution is 2.31. The Morgan fingerprint density at radius 1 is 1.40 bits per heavy atom. The third-order valence-corrected chi connectivity index (χ3v) is 3.95. The number of aryl methyl sites for hydroxylation is 1. The lowest BCUT2D eigenvalue weighted by Crippen LogP contribution is -2.40. The first-order chi connectivity index (χ1) is 9.37. The molecular weight excluding hydrogens is 259 g/mol. The van der Waals surface area contributed by atoms with Gasteiger partial charge in [0.15, 0.2) is 0 Å². The molecule has 2 amide bonds. The fraction of sp³-hybridized carbons (Fsp3) is 0.467. The molecule has 2 rings (SSSR count). The van der Waals surface area contributed by atoms with Crippen molar-refractivity contribution in [3.05, 3.63) is 35.1 Å². The summed E-state index contributed by atoms with van der Waals surface area (Å²) >= 11 is 0. The Kier molecular flexibility index (Phi) is 3.79. The van der Waals surface area contributed by atoms with E-state index in [1.807, 2.05) is 6.92 Å². The molecule has 1 aliphatic rings. The molecule has 1 aromatic carbocycles. The van der Waals surface area contributed by atoms with Crippen LogP contribution in [0, 0.1) is 18.2 Å². The van der Waals surface area contributed by atoms with E-state index in [0.29, 0.717) is 30.6 Å². The quantitative estimate of drug-likeness (QED) is 0.895. The van der Waals surface area contributed by atoms with Crippen molar-refractivity contribution in [3.63, 3.8) is 0 Å². The number of likely N-dealkylation sites (tertiary alicyclic amines) is 1. The third kappa shape index (κ3) is 2.53. The SMILES string of the molecule is CNC(=O)C1(C)CCN(C(=O)c2ccc(F)cc2C)C1. The largest absolute Gasteiger partial charge is 0.359 e. The highest BCUT2D eigenvalue weighted by Gasteiger charge is 2.41. The smallest absolute Gasteiger partial charge is 0.254 e. The van der Waals surface area contributed by atoms with Crippen molar-refractivity contribution in [1.82, 2.24) is 10.2 Å². The average molecular weight is 278 g/mol. The molecule has 1 heterocycles. The molecule has 1 aromatic rings. The van der Waals surface area contributed by atoms with Crippen molar-refractivity contribution in [2.75, 3.05) is 20.1 Å². The highest BCUT2D eigenvalue weighted by molar-refractivity contribution is 5.96. The predicted molar refractivity (Wildman–Crippen MR) is 73.8 cm³/mol. The lowest BCUT2D eigenvalue weighted by Gasteiger charge is -2.23. The number of carbonyl (C=O) groups excluding carboxylic acids is 2. The van der Waals surface area contributed by atoms with Crippen LogP contribution >= 0.6 is 0 Å². The van der Waals surface area contributed by atoms with Crippen LogP contribution < -0.4 is 5.32 Å². The lowest BCUT2D eigenvalue weighted by molar-refractivity contribution is -0.128. The zero-order valence-electron chi connectivity index (χ0n) is 12.0. The van der Waals surface area contributed by atoms with Crippen LogP contribution in [-0.2, 0) is 4.79 Å². The van der Waals surface area contributed by atoms with Crippen LogP contribution in [0.4, 0.5) is 4.39 Å². The number of rotatable bonds is 2. The van der Waals surface area contributed by atoms with Crippen LogP contribution in [0.3, 0.4) is 0 Å². The molecule has 0 saturated carbocycles. The van der Waals surface area contributed by atoms with Gasteiger partial charge in [-0.3, -0.25) is 9.59 Å². The Morgan fingerprint density at radius 3 is 2.70 bits per heavy atom. The molecule has 0 aromatic heterocycles. The van der Waals surface area contributed by atoms with Crippen molar-refractivity contribution in [3.8, 4) is 0 Å². The van der Waals surface area contributed by atoms with E-state index in [9.17, 15) is 14.0 Å². The van der Waals surface area contributed by atoms with E-state index in [0.717, 1.165) is 0 Å². The fourth-order valence-corrected chi connectivity index (χ4v) is 2.66. The number of hydrogen-bond acceptors (Lipinski definition) is 2. The zero-order chi connectivity index (χ0) is 14.9. The maximum atomic E-state index is 13.1. The summed E-state index contributed by atoms with van der Waals surface area (Å²) in [6, 6.07) is 4.14. The number of hydrogen-bond donors (Lipinski definition) is 1. The molecular formula is C15H19FN2O2. The summed E-state index contributed by atoms with van der Waals surface area (Å²) in [4.78, 5) is 26.0. The van der Waals surface area contributed by atoms with Gasteiger partial charge in [-0.05, 0) is 44.0 Å². The Labute approximate surface area is 118 Å². The van der Waals surface area contributed by atoms with Crippen LogP contribution in [0.15, 0.2) is 18.2 Å². The summed E-state index contributed by atoms with van der Waals surface area (Å²) in [7, 11) is 1.60. The minimum atomic E-state index is -0.543. The van der Waals surface area contributed by atoms with E-state index >= 15 is 0 Å². The maximum absolute atomic E-state index is 13.1. The monoisotopic (exact) mass is 278 g/mol. The topological polar surface area (TPSA) is 49.4 Å².